The molecule has 11 heteroatoms. The molecule has 1 aliphatic rings. The Hall–Kier alpha value is -2.24. The third-order valence-corrected chi connectivity index (χ3v) is 4.24. The fourth-order valence-electron chi connectivity index (χ4n) is 2.53. The summed E-state index contributed by atoms with van der Waals surface area (Å²) >= 11 is 0. The van der Waals surface area contributed by atoms with E-state index in [-0.39, 0.29) is 31.5 Å². The molecule has 11 nitrogen and oxygen atoms in total. The zero-order valence-electron chi connectivity index (χ0n) is 17.3. The van der Waals surface area contributed by atoms with Crippen LogP contribution in [0.1, 0.15) is 41.0 Å². The number of aliphatic carboxylic acids is 1. The second-order valence-corrected chi connectivity index (χ2v) is 6.70. The van der Waals surface area contributed by atoms with E-state index in [2.05, 4.69) is 0 Å². The van der Waals surface area contributed by atoms with Crippen molar-refractivity contribution < 1.29 is 48.3 Å². The van der Waals surface area contributed by atoms with Gasteiger partial charge in [-0.1, -0.05) is 13.8 Å². The summed E-state index contributed by atoms with van der Waals surface area (Å²) in [7, 11) is 0. The first kappa shape index (κ1) is 26.8. The Morgan fingerprint density at radius 3 is 1.93 bits per heavy atom. The van der Waals surface area contributed by atoms with Gasteiger partial charge in [-0.25, -0.2) is 0 Å². The van der Waals surface area contributed by atoms with E-state index < -0.39 is 48.4 Å². The highest BCUT2D eigenvalue weighted by atomic mass is 16.7. The first-order chi connectivity index (χ1) is 13.4. The number of carbonyl (C=O) groups is 4. The minimum absolute atomic E-state index is 0.0674. The Bertz CT molecular complexity index is 567. The van der Waals surface area contributed by atoms with Crippen LogP contribution in [0.4, 0.5) is 0 Å². The van der Waals surface area contributed by atoms with E-state index in [0.29, 0.717) is 0 Å². The molecule has 1 heterocycles. The monoisotopic (exact) mass is 421 g/mol. The van der Waals surface area contributed by atoms with Gasteiger partial charge in [0.1, 0.15) is 24.9 Å². The Morgan fingerprint density at radius 2 is 1.55 bits per heavy atom. The minimum atomic E-state index is -1.07. The van der Waals surface area contributed by atoms with Crippen molar-refractivity contribution >= 4 is 23.9 Å². The van der Waals surface area contributed by atoms with Crippen LogP contribution in [-0.2, 0) is 38.1 Å². The van der Waals surface area contributed by atoms with E-state index in [9.17, 15) is 19.2 Å². The molecule has 0 saturated carbocycles. The SMILES string of the molecule is CC(=O)OCC1OC(OC(C)=O)[C@@H](C)[C@@H](C)[C@H]1OC(C)=O.N[C@@H](CCO)C(=O)O. The van der Waals surface area contributed by atoms with Crippen LogP contribution < -0.4 is 5.73 Å². The van der Waals surface area contributed by atoms with Gasteiger partial charge >= 0.3 is 23.9 Å². The van der Waals surface area contributed by atoms with Gasteiger partial charge in [0, 0.05) is 39.2 Å². The normalized spacial score (nSPS) is 26.9. The van der Waals surface area contributed by atoms with Gasteiger partial charge in [0.15, 0.2) is 0 Å². The average molecular weight is 421 g/mol. The zero-order chi connectivity index (χ0) is 22.7. The van der Waals surface area contributed by atoms with Crippen molar-refractivity contribution in [2.45, 2.75) is 65.6 Å². The van der Waals surface area contributed by atoms with Crippen molar-refractivity contribution in [3.8, 4) is 0 Å². The molecule has 4 N–H and O–H groups in total. The van der Waals surface area contributed by atoms with Crippen molar-refractivity contribution in [2.75, 3.05) is 13.2 Å². The Labute approximate surface area is 169 Å². The molecule has 29 heavy (non-hydrogen) atoms. The van der Waals surface area contributed by atoms with Crippen LogP contribution in [-0.4, -0.2) is 71.8 Å². The summed E-state index contributed by atoms with van der Waals surface area (Å²) in [5.74, 6) is -2.72. The van der Waals surface area contributed by atoms with E-state index in [0.717, 1.165) is 0 Å². The fraction of sp³-hybridized carbons (Fsp3) is 0.778. The second kappa shape index (κ2) is 13.1. The summed E-state index contributed by atoms with van der Waals surface area (Å²) in [6.45, 7) is 7.35. The standard InChI is InChI=1S/C14H22O7.C4H9NO3/c1-7-8(2)14(20-11(5)17)21-12(6-18-9(3)15)13(7)19-10(4)16;5-3(1-2-6)4(7)8/h7-8,12-14H,6H2,1-5H3;3,6H,1-2,5H2,(H,7,8)/t7-,8+,12?,13-,14?;3-/m10/s1. The van der Waals surface area contributed by atoms with E-state index in [1.54, 1.807) is 0 Å². The molecule has 0 spiro atoms. The molecule has 2 unspecified atom stereocenters. The quantitative estimate of drug-likeness (QED) is 0.368. The summed E-state index contributed by atoms with van der Waals surface area (Å²) in [5, 5.41) is 16.2. The number of esters is 3. The summed E-state index contributed by atoms with van der Waals surface area (Å²) in [5.41, 5.74) is 4.97. The maximum Gasteiger partial charge on any atom is 0.320 e. The van der Waals surface area contributed by atoms with Crippen LogP contribution in [0, 0.1) is 11.8 Å². The first-order valence-corrected chi connectivity index (χ1v) is 9.13. The molecule has 1 rings (SSSR count). The van der Waals surface area contributed by atoms with Crippen LogP contribution in [0.2, 0.25) is 0 Å². The molecule has 6 atom stereocenters. The highest BCUT2D eigenvalue weighted by molar-refractivity contribution is 5.72. The molecule has 0 aromatic rings. The number of aliphatic hydroxyl groups is 1. The lowest BCUT2D eigenvalue weighted by Gasteiger charge is -2.42. The van der Waals surface area contributed by atoms with Crippen molar-refractivity contribution in [1.29, 1.82) is 0 Å². The largest absolute Gasteiger partial charge is 0.480 e. The molecule has 0 radical (unpaired) electrons. The first-order valence-electron chi connectivity index (χ1n) is 9.13. The lowest BCUT2D eigenvalue weighted by molar-refractivity contribution is -0.265. The molecule has 1 aliphatic heterocycles. The van der Waals surface area contributed by atoms with E-state index >= 15 is 0 Å². The van der Waals surface area contributed by atoms with Crippen LogP contribution >= 0.6 is 0 Å². The molecule has 1 saturated heterocycles. The lowest BCUT2D eigenvalue weighted by atomic mass is 9.84. The third kappa shape index (κ3) is 10.2. The van der Waals surface area contributed by atoms with Gasteiger partial charge in [0.25, 0.3) is 0 Å². The smallest absolute Gasteiger partial charge is 0.320 e. The van der Waals surface area contributed by atoms with Crippen molar-refractivity contribution in [1.82, 2.24) is 0 Å². The molecule has 0 aromatic carbocycles. The van der Waals surface area contributed by atoms with Gasteiger partial charge in [0.2, 0.25) is 6.29 Å². The van der Waals surface area contributed by atoms with Crippen LogP contribution in [0.3, 0.4) is 0 Å². The highest BCUT2D eigenvalue weighted by Gasteiger charge is 2.45. The number of rotatable bonds is 7. The van der Waals surface area contributed by atoms with Gasteiger partial charge < -0.3 is 34.9 Å². The molecule has 0 amide bonds. The summed E-state index contributed by atoms with van der Waals surface area (Å²) < 4.78 is 21.0. The van der Waals surface area contributed by atoms with Gasteiger partial charge in [-0.05, 0) is 6.42 Å². The average Bonchev–Trinajstić information content (AvgIpc) is 2.60. The topological polar surface area (TPSA) is 172 Å². The molecule has 0 bridgehead atoms. The maximum absolute atomic E-state index is 11.2. The number of carboxylic acid groups (broad SMARTS) is 1. The van der Waals surface area contributed by atoms with Crippen LogP contribution in [0.5, 0.6) is 0 Å². The predicted molar refractivity (Wildman–Crippen MR) is 98.3 cm³/mol. The maximum atomic E-state index is 11.2. The summed E-state index contributed by atoms with van der Waals surface area (Å²) in [4.78, 5) is 43.2. The van der Waals surface area contributed by atoms with E-state index in [4.69, 9.17) is 34.9 Å². The minimum Gasteiger partial charge on any atom is -0.480 e. The van der Waals surface area contributed by atoms with E-state index in [1.165, 1.54) is 20.8 Å². The van der Waals surface area contributed by atoms with Crippen molar-refractivity contribution in [3.63, 3.8) is 0 Å². The Kier molecular flexibility index (Phi) is 12.1. The van der Waals surface area contributed by atoms with Crippen LogP contribution in [0.25, 0.3) is 0 Å². The number of aliphatic hydroxyl groups excluding tert-OH is 1. The van der Waals surface area contributed by atoms with Crippen molar-refractivity contribution in [3.05, 3.63) is 0 Å². The van der Waals surface area contributed by atoms with Gasteiger partial charge in [-0.15, -0.1) is 0 Å². The third-order valence-electron chi connectivity index (χ3n) is 4.24. The number of carboxylic acids is 1. The number of carbonyl (C=O) groups excluding carboxylic acids is 3. The van der Waals surface area contributed by atoms with E-state index in [1.807, 2.05) is 13.8 Å². The summed E-state index contributed by atoms with van der Waals surface area (Å²) in [6, 6.07) is -0.917. The van der Waals surface area contributed by atoms with Crippen LogP contribution in [0.15, 0.2) is 0 Å². The number of ether oxygens (including phenoxy) is 4. The molecular weight excluding hydrogens is 390 g/mol. The molecule has 0 aromatic heterocycles. The Balaban J connectivity index is 0.000000828. The molecular formula is C18H31NO10. The van der Waals surface area contributed by atoms with Gasteiger partial charge in [0.05, 0.1) is 0 Å². The second-order valence-electron chi connectivity index (χ2n) is 6.70. The number of hydrogen-bond acceptors (Lipinski definition) is 10. The Morgan fingerprint density at radius 1 is 1.00 bits per heavy atom. The van der Waals surface area contributed by atoms with Gasteiger partial charge in [-0.2, -0.15) is 0 Å². The number of hydrogen-bond donors (Lipinski definition) is 3. The lowest BCUT2D eigenvalue weighted by Crippen LogP contribution is -2.53. The zero-order valence-corrected chi connectivity index (χ0v) is 17.3. The fourth-order valence-corrected chi connectivity index (χ4v) is 2.53. The van der Waals surface area contributed by atoms with Gasteiger partial charge in [-0.3, -0.25) is 19.2 Å². The molecule has 168 valence electrons. The number of nitrogens with two attached hydrogens (primary N) is 1. The summed E-state index contributed by atoms with van der Waals surface area (Å²) in [6.07, 6.45) is -1.88. The van der Waals surface area contributed by atoms with Crippen molar-refractivity contribution in [2.24, 2.45) is 17.6 Å². The molecule has 1 fully saturated rings. The predicted octanol–water partition coefficient (Wildman–Crippen LogP) is -0.178. The molecule has 0 aliphatic carbocycles. The highest BCUT2D eigenvalue weighted by Crippen LogP contribution is 2.33.